The van der Waals surface area contributed by atoms with Gasteiger partial charge in [0.1, 0.15) is 11.6 Å². The third-order valence-corrected chi connectivity index (χ3v) is 5.47. The Bertz CT molecular complexity index is 977. The highest BCUT2D eigenvalue weighted by Gasteiger charge is 2.19. The predicted octanol–water partition coefficient (Wildman–Crippen LogP) is 2.52. The average molecular weight is 393 g/mol. The zero-order chi connectivity index (χ0) is 20.2. The number of nitrogens with zero attached hydrogens (tertiary/aromatic N) is 4. The third kappa shape index (κ3) is 4.56. The lowest BCUT2D eigenvalue weighted by Gasteiger charge is -2.21. The van der Waals surface area contributed by atoms with Crippen LogP contribution in [0.4, 0.5) is 0 Å². The molecule has 29 heavy (non-hydrogen) atoms. The first-order chi connectivity index (χ1) is 14.1. The van der Waals surface area contributed by atoms with Gasteiger partial charge in [0, 0.05) is 45.6 Å². The SMILES string of the molecule is Cc1ccc(C)c(CN2CCc3nnc(CCNC(=O)c4ccco4)n3CC2)c1. The lowest BCUT2D eigenvalue weighted by molar-refractivity contribution is 0.0926. The largest absolute Gasteiger partial charge is 0.459 e. The van der Waals surface area contributed by atoms with Crippen LogP contribution in [-0.4, -0.2) is 45.2 Å². The molecule has 7 heteroatoms. The Morgan fingerprint density at radius 3 is 2.90 bits per heavy atom. The molecule has 1 aliphatic heterocycles. The van der Waals surface area contributed by atoms with E-state index < -0.39 is 0 Å². The molecule has 0 atom stereocenters. The lowest BCUT2D eigenvalue weighted by atomic mass is 10.1. The number of hydrogen-bond acceptors (Lipinski definition) is 5. The van der Waals surface area contributed by atoms with Crippen LogP contribution in [0.15, 0.2) is 41.0 Å². The number of nitrogens with one attached hydrogen (secondary N) is 1. The molecule has 0 saturated heterocycles. The molecule has 3 heterocycles. The van der Waals surface area contributed by atoms with Crippen molar-refractivity contribution in [1.82, 2.24) is 25.0 Å². The van der Waals surface area contributed by atoms with Crippen molar-refractivity contribution in [2.45, 2.75) is 39.8 Å². The molecule has 3 aromatic rings. The summed E-state index contributed by atoms with van der Waals surface area (Å²) >= 11 is 0. The zero-order valence-electron chi connectivity index (χ0n) is 17.0. The van der Waals surface area contributed by atoms with E-state index in [2.05, 4.69) is 57.0 Å². The summed E-state index contributed by atoms with van der Waals surface area (Å²) in [4.78, 5) is 14.5. The number of fused-ring (bicyclic) bond motifs is 1. The Morgan fingerprint density at radius 2 is 2.07 bits per heavy atom. The van der Waals surface area contributed by atoms with Crippen molar-refractivity contribution in [2.24, 2.45) is 0 Å². The van der Waals surface area contributed by atoms with Gasteiger partial charge < -0.3 is 14.3 Å². The van der Waals surface area contributed by atoms with Crippen molar-refractivity contribution in [3.8, 4) is 0 Å². The van der Waals surface area contributed by atoms with E-state index in [1.165, 1.54) is 23.0 Å². The van der Waals surface area contributed by atoms with Gasteiger partial charge >= 0.3 is 0 Å². The summed E-state index contributed by atoms with van der Waals surface area (Å²) < 4.78 is 7.33. The summed E-state index contributed by atoms with van der Waals surface area (Å²) in [6.45, 7) is 8.59. The van der Waals surface area contributed by atoms with E-state index in [-0.39, 0.29) is 5.91 Å². The normalized spacial score (nSPS) is 14.4. The van der Waals surface area contributed by atoms with E-state index in [4.69, 9.17) is 4.42 Å². The van der Waals surface area contributed by atoms with Crippen molar-refractivity contribution in [1.29, 1.82) is 0 Å². The number of hydrogen-bond donors (Lipinski definition) is 1. The van der Waals surface area contributed by atoms with E-state index in [0.29, 0.717) is 18.7 Å². The Balaban J connectivity index is 1.34. The van der Waals surface area contributed by atoms with Gasteiger partial charge in [0.25, 0.3) is 5.91 Å². The maximum absolute atomic E-state index is 12.0. The van der Waals surface area contributed by atoms with Crippen LogP contribution in [0.25, 0.3) is 0 Å². The molecule has 1 aromatic carbocycles. The summed E-state index contributed by atoms with van der Waals surface area (Å²) in [7, 11) is 0. The van der Waals surface area contributed by atoms with Crippen LogP contribution in [0, 0.1) is 13.8 Å². The van der Waals surface area contributed by atoms with Gasteiger partial charge in [-0.1, -0.05) is 23.8 Å². The van der Waals surface area contributed by atoms with Crippen molar-refractivity contribution in [2.75, 3.05) is 19.6 Å². The zero-order valence-corrected chi connectivity index (χ0v) is 17.0. The summed E-state index contributed by atoms with van der Waals surface area (Å²) in [5.41, 5.74) is 4.03. The van der Waals surface area contributed by atoms with Gasteiger partial charge in [-0.25, -0.2) is 0 Å². The third-order valence-electron chi connectivity index (χ3n) is 5.47. The monoisotopic (exact) mass is 393 g/mol. The van der Waals surface area contributed by atoms with Gasteiger partial charge in [-0.05, 0) is 37.1 Å². The first-order valence-electron chi connectivity index (χ1n) is 10.1. The molecule has 0 unspecified atom stereocenters. The molecule has 152 valence electrons. The molecule has 1 aliphatic rings. The Morgan fingerprint density at radius 1 is 1.17 bits per heavy atom. The number of aromatic nitrogens is 3. The highest BCUT2D eigenvalue weighted by Crippen LogP contribution is 2.16. The summed E-state index contributed by atoms with van der Waals surface area (Å²) in [5, 5.41) is 11.6. The second kappa shape index (κ2) is 8.61. The summed E-state index contributed by atoms with van der Waals surface area (Å²) in [6.07, 6.45) is 3.03. The fraction of sp³-hybridized carbons (Fsp3) is 0.409. The molecule has 2 aromatic heterocycles. The van der Waals surface area contributed by atoms with Crippen LogP contribution < -0.4 is 5.32 Å². The Hall–Kier alpha value is -2.93. The number of rotatable bonds is 6. The van der Waals surface area contributed by atoms with Gasteiger partial charge in [0.15, 0.2) is 5.76 Å². The number of carbonyl (C=O) groups is 1. The predicted molar refractivity (Wildman–Crippen MR) is 110 cm³/mol. The topological polar surface area (TPSA) is 76.2 Å². The quantitative estimate of drug-likeness (QED) is 0.696. The Labute approximate surface area is 170 Å². The van der Waals surface area contributed by atoms with E-state index in [9.17, 15) is 4.79 Å². The van der Waals surface area contributed by atoms with Crippen molar-refractivity contribution in [3.63, 3.8) is 0 Å². The Kier molecular flexibility index (Phi) is 5.76. The molecule has 0 aliphatic carbocycles. The molecule has 0 bridgehead atoms. The molecule has 0 saturated carbocycles. The second-order valence-electron chi connectivity index (χ2n) is 7.62. The van der Waals surface area contributed by atoms with Crippen LogP contribution in [0.5, 0.6) is 0 Å². The van der Waals surface area contributed by atoms with Crippen LogP contribution in [-0.2, 0) is 25.9 Å². The van der Waals surface area contributed by atoms with E-state index in [0.717, 1.165) is 44.2 Å². The van der Waals surface area contributed by atoms with E-state index >= 15 is 0 Å². The molecular formula is C22H27N5O2. The smallest absolute Gasteiger partial charge is 0.286 e. The number of furan rings is 1. The van der Waals surface area contributed by atoms with Gasteiger partial charge in [-0.3, -0.25) is 9.69 Å². The van der Waals surface area contributed by atoms with Crippen LogP contribution in [0.3, 0.4) is 0 Å². The minimum absolute atomic E-state index is 0.203. The minimum atomic E-state index is -0.203. The van der Waals surface area contributed by atoms with E-state index in [1.807, 2.05) is 0 Å². The fourth-order valence-electron chi connectivity index (χ4n) is 3.76. The highest BCUT2D eigenvalue weighted by atomic mass is 16.3. The van der Waals surface area contributed by atoms with E-state index in [1.54, 1.807) is 12.1 Å². The maximum Gasteiger partial charge on any atom is 0.286 e. The first kappa shape index (κ1) is 19.4. The van der Waals surface area contributed by atoms with Crippen molar-refractivity contribution in [3.05, 3.63) is 70.7 Å². The molecule has 7 nitrogen and oxygen atoms in total. The maximum atomic E-state index is 12.0. The van der Waals surface area contributed by atoms with Crippen molar-refractivity contribution >= 4 is 5.91 Å². The van der Waals surface area contributed by atoms with Crippen LogP contribution in [0.1, 0.15) is 38.9 Å². The van der Waals surface area contributed by atoms with Crippen molar-refractivity contribution < 1.29 is 9.21 Å². The summed E-state index contributed by atoms with van der Waals surface area (Å²) in [6, 6.07) is 10.0. The lowest BCUT2D eigenvalue weighted by Crippen LogP contribution is -2.28. The first-order valence-corrected chi connectivity index (χ1v) is 10.1. The summed E-state index contributed by atoms with van der Waals surface area (Å²) in [5.74, 6) is 2.08. The molecule has 4 rings (SSSR count). The second-order valence-corrected chi connectivity index (χ2v) is 7.62. The van der Waals surface area contributed by atoms with Gasteiger partial charge in [-0.15, -0.1) is 10.2 Å². The van der Waals surface area contributed by atoms with Gasteiger partial charge in [0.05, 0.1) is 6.26 Å². The molecule has 0 radical (unpaired) electrons. The van der Waals surface area contributed by atoms with Crippen LogP contribution >= 0.6 is 0 Å². The molecule has 0 fully saturated rings. The number of benzene rings is 1. The highest BCUT2D eigenvalue weighted by molar-refractivity contribution is 5.91. The minimum Gasteiger partial charge on any atom is -0.459 e. The standard InChI is InChI=1S/C22H27N5O2/c1-16-5-6-17(2)18(14-16)15-26-10-8-21-25-24-20(27(21)12-11-26)7-9-23-22(28)19-4-3-13-29-19/h3-6,13-14H,7-12,15H2,1-2H3,(H,23,28). The van der Waals surface area contributed by atoms with Gasteiger partial charge in [0.2, 0.25) is 0 Å². The number of carbonyl (C=O) groups excluding carboxylic acids is 1. The molecular weight excluding hydrogens is 366 g/mol. The van der Waals surface area contributed by atoms with Crippen LogP contribution in [0.2, 0.25) is 0 Å². The molecule has 0 spiro atoms. The average Bonchev–Trinajstić information content (AvgIpc) is 3.33. The fourth-order valence-corrected chi connectivity index (χ4v) is 3.76. The number of amides is 1. The number of aryl methyl sites for hydroxylation is 2. The van der Waals surface area contributed by atoms with Gasteiger partial charge in [-0.2, -0.15) is 0 Å². The molecule has 1 N–H and O–H groups in total. The molecule has 1 amide bonds.